The van der Waals surface area contributed by atoms with Crippen LogP contribution in [0.25, 0.3) is 0 Å². The van der Waals surface area contributed by atoms with E-state index in [0.717, 1.165) is 35.2 Å². The molecule has 1 aromatic heterocycles. The molecule has 0 saturated carbocycles. The second kappa shape index (κ2) is 7.26. The van der Waals surface area contributed by atoms with Gasteiger partial charge in [0.15, 0.2) is 0 Å². The molecule has 0 spiro atoms. The predicted molar refractivity (Wildman–Crippen MR) is 81.8 cm³/mol. The molecule has 0 radical (unpaired) electrons. The molecule has 2 rings (SSSR count). The van der Waals surface area contributed by atoms with Crippen molar-refractivity contribution in [3.05, 3.63) is 16.1 Å². The van der Waals surface area contributed by atoms with Gasteiger partial charge in [-0.3, -0.25) is 4.79 Å². The summed E-state index contributed by atoms with van der Waals surface area (Å²) in [5.74, 6) is 2.28. The molecule has 19 heavy (non-hydrogen) atoms. The van der Waals surface area contributed by atoms with Crippen LogP contribution in [0.2, 0.25) is 0 Å². The standard InChI is InChI=1S/C13H21N3OS2/c1-3-13-16-11(8-19-13)9(2)15-12(17)6-10-7-18-5-4-14-10/h8-10,14H,3-7H2,1-2H3,(H,15,17). The minimum atomic E-state index is 0.000272. The van der Waals surface area contributed by atoms with Gasteiger partial charge in [-0.25, -0.2) is 4.98 Å². The third-order valence-electron chi connectivity index (χ3n) is 3.12. The Hall–Kier alpha value is -0.590. The fourth-order valence-corrected chi connectivity index (χ4v) is 3.82. The molecular weight excluding hydrogens is 278 g/mol. The maximum absolute atomic E-state index is 12.0. The van der Waals surface area contributed by atoms with E-state index in [1.165, 1.54) is 0 Å². The number of carbonyl (C=O) groups excluding carboxylic acids is 1. The van der Waals surface area contributed by atoms with E-state index in [4.69, 9.17) is 0 Å². The summed E-state index contributed by atoms with van der Waals surface area (Å²) in [6.07, 6.45) is 1.51. The van der Waals surface area contributed by atoms with Gasteiger partial charge in [0.05, 0.1) is 16.7 Å². The van der Waals surface area contributed by atoms with E-state index in [1.54, 1.807) is 11.3 Å². The monoisotopic (exact) mass is 299 g/mol. The van der Waals surface area contributed by atoms with Crippen molar-refractivity contribution in [1.82, 2.24) is 15.6 Å². The summed E-state index contributed by atoms with van der Waals surface area (Å²) in [4.78, 5) is 16.5. The second-order valence-corrected chi connectivity index (χ2v) is 6.83. The largest absolute Gasteiger partial charge is 0.348 e. The van der Waals surface area contributed by atoms with Crippen molar-refractivity contribution in [2.45, 2.75) is 38.8 Å². The van der Waals surface area contributed by atoms with Crippen LogP contribution in [0.5, 0.6) is 0 Å². The Morgan fingerprint density at radius 3 is 3.16 bits per heavy atom. The van der Waals surface area contributed by atoms with Crippen LogP contribution in [0, 0.1) is 0 Å². The first kappa shape index (κ1) is 14.8. The molecule has 0 aromatic carbocycles. The van der Waals surface area contributed by atoms with Gasteiger partial charge >= 0.3 is 0 Å². The number of hydrogen-bond acceptors (Lipinski definition) is 5. The lowest BCUT2D eigenvalue weighted by Gasteiger charge is -2.23. The summed E-state index contributed by atoms with van der Waals surface area (Å²) < 4.78 is 0. The molecule has 2 heterocycles. The van der Waals surface area contributed by atoms with Gasteiger partial charge in [-0.05, 0) is 13.3 Å². The Morgan fingerprint density at radius 2 is 2.53 bits per heavy atom. The maximum Gasteiger partial charge on any atom is 0.222 e. The van der Waals surface area contributed by atoms with E-state index < -0.39 is 0 Å². The number of thiazole rings is 1. The minimum Gasteiger partial charge on any atom is -0.348 e. The Morgan fingerprint density at radius 1 is 1.68 bits per heavy atom. The maximum atomic E-state index is 12.0. The number of hydrogen-bond donors (Lipinski definition) is 2. The SMILES string of the molecule is CCc1nc(C(C)NC(=O)CC2CSCCN2)cs1. The molecule has 1 aliphatic heterocycles. The van der Waals surface area contributed by atoms with Crippen LogP contribution < -0.4 is 10.6 Å². The van der Waals surface area contributed by atoms with Gasteiger partial charge in [-0.1, -0.05) is 6.92 Å². The van der Waals surface area contributed by atoms with Crippen LogP contribution in [-0.4, -0.2) is 35.0 Å². The number of carbonyl (C=O) groups is 1. The van der Waals surface area contributed by atoms with Gasteiger partial charge in [0.1, 0.15) is 0 Å². The molecule has 6 heteroatoms. The molecule has 1 aromatic rings. The Balaban J connectivity index is 1.80. The van der Waals surface area contributed by atoms with E-state index in [9.17, 15) is 4.79 Å². The molecule has 2 unspecified atom stereocenters. The van der Waals surface area contributed by atoms with E-state index in [0.29, 0.717) is 12.5 Å². The van der Waals surface area contributed by atoms with Crippen LogP contribution in [0.3, 0.4) is 0 Å². The molecule has 1 aliphatic rings. The number of nitrogens with zero attached hydrogens (tertiary/aromatic N) is 1. The highest BCUT2D eigenvalue weighted by Crippen LogP contribution is 2.17. The second-order valence-electron chi connectivity index (χ2n) is 4.74. The fourth-order valence-electron chi connectivity index (χ4n) is 2.04. The van der Waals surface area contributed by atoms with Gasteiger partial charge in [0, 0.05) is 35.9 Å². The average molecular weight is 299 g/mol. The molecule has 1 fully saturated rings. The number of aromatic nitrogens is 1. The third kappa shape index (κ3) is 4.47. The third-order valence-corrected chi connectivity index (χ3v) is 5.27. The number of amides is 1. The number of aryl methyl sites for hydroxylation is 1. The van der Waals surface area contributed by atoms with Crippen LogP contribution >= 0.6 is 23.1 Å². The van der Waals surface area contributed by atoms with Crippen LogP contribution in [0.4, 0.5) is 0 Å². The summed E-state index contributed by atoms with van der Waals surface area (Å²) in [6, 6.07) is 0.313. The predicted octanol–water partition coefficient (Wildman–Crippen LogP) is 1.98. The van der Waals surface area contributed by atoms with Crippen molar-refractivity contribution in [2.75, 3.05) is 18.1 Å². The van der Waals surface area contributed by atoms with Crippen molar-refractivity contribution < 1.29 is 4.79 Å². The van der Waals surface area contributed by atoms with Crippen molar-refractivity contribution in [1.29, 1.82) is 0 Å². The molecule has 2 atom stereocenters. The first-order valence-corrected chi connectivity index (χ1v) is 8.77. The highest BCUT2D eigenvalue weighted by Gasteiger charge is 2.19. The van der Waals surface area contributed by atoms with Crippen molar-refractivity contribution in [3.8, 4) is 0 Å². The fraction of sp³-hybridized carbons (Fsp3) is 0.692. The van der Waals surface area contributed by atoms with Gasteiger partial charge in [-0.2, -0.15) is 11.8 Å². The zero-order chi connectivity index (χ0) is 13.7. The smallest absolute Gasteiger partial charge is 0.222 e. The molecule has 1 amide bonds. The van der Waals surface area contributed by atoms with E-state index in [2.05, 4.69) is 22.5 Å². The van der Waals surface area contributed by atoms with Gasteiger partial charge < -0.3 is 10.6 Å². The highest BCUT2D eigenvalue weighted by atomic mass is 32.2. The Kier molecular flexibility index (Phi) is 5.66. The zero-order valence-electron chi connectivity index (χ0n) is 11.4. The highest BCUT2D eigenvalue weighted by molar-refractivity contribution is 7.99. The van der Waals surface area contributed by atoms with Crippen LogP contribution in [0.15, 0.2) is 5.38 Å². The first-order chi connectivity index (χ1) is 9.19. The molecule has 0 aliphatic carbocycles. The quantitative estimate of drug-likeness (QED) is 0.873. The number of rotatable bonds is 5. The molecule has 4 nitrogen and oxygen atoms in total. The van der Waals surface area contributed by atoms with Gasteiger partial charge in [0.25, 0.3) is 0 Å². The Bertz CT molecular complexity index is 416. The van der Waals surface area contributed by atoms with Gasteiger partial charge in [0.2, 0.25) is 5.91 Å². The normalized spacial score (nSPS) is 21.1. The van der Waals surface area contributed by atoms with E-state index in [1.807, 2.05) is 24.1 Å². The Labute approximate surface area is 122 Å². The molecule has 0 bridgehead atoms. The molecule has 2 N–H and O–H groups in total. The van der Waals surface area contributed by atoms with Gasteiger partial charge in [-0.15, -0.1) is 11.3 Å². The minimum absolute atomic E-state index is 0.000272. The van der Waals surface area contributed by atoms with Crippen molar-refractivity contribution >= 4 is 29.0 Å². The van der Waals surface area contributed by atoms with Crippen LogP contribution in [0.1, 0.15) is 37.0 Å². The number of thioether (sulfide) groups is 1. The lowest BCUT2D eigenvalue weighted by atomic mass is 10.2. The summed E-state index contributed by atoms with van der Waals surface area (Å²) in [5.41, 5.74) is 0.973. The topological polar surface area (TPSA) is 54.0 Å². The summed E-state index contributed by atoms with van der Waals surface area (Å²) >= 11 is 3.58. The lowest BCUT2D eigenvalue weighted by Crippen LogP contribution is -2.41. The number of nitrogens with one attached hydrogen (secondary N) is 2. The summed E-state index contributed by atoms with van der Waals surface area (Å²) in [7, 11) is 0. The molecule has 1 saturated heterocycles. The average Bonchev–Trinajstić information content (AvgIpc) is 2.88. The van der Waals surface area contributed by atoms with E-state index in [-0.39, 0.29) is 11.9 Å². The molecule has 106 valence electrons. The lowest BCUT2D eigenvalue weighted by molar-refractivity contribution is -0.122. The zero-order valence-corrected chi connectivity index (χ0v) is 13.1. The summed E-state index contributed by atoms with van der Waals surface area (Å²) in [5, 5.41) is 9.58. The van der Waals surface area contributed by atoms with Crippen molar-refractivity contribution in [3.63, 3.8) is 0 Å². The molecular formula is C13H21N3OS2. The summed E-state index contributed by atoms with van der Waals surface area (Å²) in [6.45, 7) is 5.10. The van der Waals surface area contributed by atoms with Crippen LogP contribution in [-0.2, 0) is 11.2 Å². The van der Waals surface area contributed by atoms with E-state index >= 15 is 0 Å². The first-order valence-electron chi connectivity index (χ1n) is 6.73. The van der Waals surface area contributed by atoms with Crippen molar-refractivity contribution in [2.24, 2.45) is 0 Å².